The van der Waals surface area contributed by atoms with Gasteiger partial charge in [0, 0.05) is 12.1 Å². The second-order valence-corrected chi connectivity index (χ2v) is 5.64. The van der Waals surface area contributed by atoms with Gasteiger partial charge in [-0.05, 0) is 56.5 Å². The first kappa shape index (κ1) is 14.5. The molecule has 0 saturated heterocycles. The third-order valence-corrected chi connectivity index (χ3v) is 4.58. The lowest BCUT2D eigenvalue weighted by Gasteiger charge is -2.36. The molecule has 3 atom stereocenters. The Bertz CT molecular complexity index is 390. The van der Waals surface area contributed by atoms with E-state index >= 15 is 0 Å². The van der Waals surface area contributed by atoms with Crippen LogP contribution >= 0.6 is 0 Å². The lowest BCUT2D eigenvalue weighted by molar-refractivity contribution is 0.138. The fraction of sp³-hybridized carbons (Fsp3) is 0.625. The van der Waals surface area contributed by atoms with E-state index in [-0.39, 0.29) is 5.82 Å². The Morgan fingerprint density at radius 3 is 2.58 bits per heavy atom. The van der Waals surface area contributed by atoms with Crippen molar-refractivity contribution in [2.75, 3.05) is 13.6 Å². The van der Waals surface area contributed by atoms with E-state index in [1.54, 1.807) is 12.1 Å². The number of nitrogens with two attached hydrogens (primary N) is 1. The van der Waals surface area contributed by atoms with Crippen molar-refractivity contribution in [3.8, 4) is 0 Å². The second kappa shape index (κ2) is 6.49. The van der Waals surface area contributed by atoms with Crippen LogP contribution in [0.5, 0.6) is 0 Å². The first-order chi connectivity index (χ1) is 9.17. The molecule has 1 saturated carbocycles. The van der Waals surface area contributed by atoms with E-state index in [9.17, 15) is 4.39 Å². The topological polar surface area (TPSA) is 29.3 Å². The quantitative estimate of drug-likeness (QED) is 0.884. The predicted molar refractivity (Wildman–Crippen MR) is 77.4 cm³/mol. The smallest absolute Gasteiger partial charge is 0.123 e. The molecule has 0 spiro atoms. The summed E-state index contributed by atoms with van der Waals surface area (Å²) in [6.45, 7) is 2.96. The Labute approximate surface area is 115 Å². The molecule has 0 amide bonds. The summed E-state index contributed by atoms with van der Waals surface area (Å²) in [5.74, 6) is 0.446. The van der Waals surface area contributed by atoms with E-state index in [0.29, 0.717) is 18.0 Å². The Kier molecular flexibility index (Phi) is 4.94. The van der Waals surface area contributed by atoms with Crippen LogP contribution in [0.25, 0.3) is 0 Å². The van der Waals surface area contributed by atoms with Gasteiger partial charge in [0.15, 0.2) is 0 Å². The number of rotatable bonds is 5. The van der Waals surface area contributed by atoms with E-state index in [2.05, 4.69) is 18.9 Å². The summed E-state index contributed by atoms with van der Waals surface area (Å²) in [5.41, 5.74) is 7.09. The zero-order valence-corrected chi connectivity index (χ0v) is 12.0. The molecule has 0 radical (unpaired) electrons. The first-order valence-electron chi connectivity index (χ1n) is 7.34. The molecule has 1 aliphatic carbocycles. The van der Waals surface area contributed by atoms with Crippen LogP contribution in [0.15, 0.2) is 24.3 Å². The highest BCUT2D eigenvalue weighted by molar-refractivity contribution is 5.20. The lowest BCUT2D eigenvalue weighted by Crippen LogP contribution is -2.39. The van der Waals surface area contributed by atoms with Crippen molar-refractivity contribution in [3.05, 3.63) is 35.6 Å². The van der Waals surface area contributed by atoms with E-state index < -0.39 is 0 Å². The number of hydrogen-bond donors (Lipinski definition) is 1. The van der Waals surface area contributed by atoms with Crippen molar-refractivity contribution in [2.45, 2.75) is 44.7 Å². The van der Waals surface area contributed by atoms with Crippen molar-refractivity contribution >= 4 is 0 Å². The Morgan fingerprint density at radius 1 is 1.32 bits per heavy atom. The van der Waals surface area contributed by atoms with Gasteiger partial charge in [0.1, 0.15) is 5.82 Å². The second-order valence-electron chi connectivity index (χ2n) is 5.64. The van der Waals surface area contributed by atoms with Gasteiger partial charge >= 0.3 is 0 Å². The zero-order valence-electron chi connectivity index (χ0n) is 12.0. The van der Waals surface area contributed by atoms with Crippen molar-refractivity contribution < 1.29 is 4.39 Å². The molecule has 2 rings (SSSR count). The van der Waals surface area contributed by atoms with Crippen LogP contribution in [-0.2, 0) is 0 Å². The normalized spacial score (nSPS) is 24.9. The third-order valence-electron chi connectivity index (χ3n) is 4.58. The maximum absolute atomic E-state index is 13.0. The summed E-state index contributed by atoms with van der Waals surface area (Å²) >= 11 is 0. The van der Waals surface area contributed by atoms with Crippen molar-refractivity contribution in [1.82, 2.24) is 4.90 Å². The highest BCUT2D eigenvalue weighted by Crippen LogP contribution is 2.34. The van der Waals surface area contributed by atoms with Gasteiger partial charge in [0.05, 0.1) is 0 Å². The van der Waals surface area contributed by atoms with Crippen LogP contribution in [0.3, 0.4) is 0 Å². The SMILES string of the molecule is CCC(c1ccc(F)cc1)N(C)C1CCCC1CN. The lowest BCUT2D eigenvalue weighted by atomic mass is 9.97. The molecule has 0 bridgehead atoms. The molecule has 1 aliphatic rings. The molecule has 0 aromatic heterocycles. The molecule has 0 heterocycles. The summed E-state index contributed by atoms with van der Waals surface area (Å²) in [7, 11) is 2.19. The van der Waals surface area contributed by atoms with Crippen molar-refractivity contribution in [1.29, 1.82) is 0 Å². The number of hydrogen-bond acceptors (Lipinski definition) is 2. The van der Waals surface area contributed by atoms with Crippen LogP contribution in [0.2, 0.25) is 0 Å². The molecule has 1 aromatic carbocycles. The Balaban J connectivity index is 2.14. The summed E-state index contributed by atoms with van der Waals surface area (Å²) in [6.07, 6.45) is 4.79. The van der Waals surface area contributed by atoms with Gasteiger partial charge in [0.25, 0.3) is 0 Å². The summed E-state index contributed by atoms with van der Waals surface area (Å²) in [6, 6.07) is 7.86. The molecule has 3 unspecified atom stereocenters. The third kappa shape index (κ3) is 3.15. The van der Waals surface area contributed by atoms with Gasteiger partial charge < -0.3 is 5.73 Å². The van der Waals surface area contributed by atoms with Gasteiger partial charge in [-0.1, -0.05) is 25.5 Å². The monoisotopic (exact) mass is 264 g/mol. The van der Waals surface area contributed by atoms with E-state index in [4.69, 9.17) is 5.73 Å². The molecule has 0 aliphatic heterocycles. The van der Waals surface area contributed by atoms with Gasteiger partial charge in [-0.15, -0.1) is 0 Å². The number of halogens is 1. The molecular formula is C16H25FN2. The van der Waals surface area contributed by atoms with Crippen LogP contribution in [-0.4, -0.2) is 24.5 Å². The van der Waals surface area contributed by atoms with E-state index in [1.165, 1.54) is 24.8 Å². The van der Waals surface area contributed by atoms with E-state index in [0.717, 1.165) is 13.0 Å². The van der Waals surface area contributed by atoms with Crippen LogP contribution in [0.4, 0.5) is 4.39 Å². The summed E-state index contributed by atoms with van der Waals surface area (Å²) in [5, 5.41) is 0. The largest absolute Gasteiger partial charge is 0.330 e. The predicted octanol–water partition coefficient (Wildman–Crippen LogP) is 3.34. The van der Waals surface area contributed by atoms with Gasteiger partial charge in [-0.3, -0.25) is 4.90 Å². The molecule has 19 heavy (non-hydrogen) atoms. The zero-order chi connectivity index (χ0) is 13.8. The molecule has 2 N–H and O–H groups in total. The summed E-state index contributed by atoms with van der Waals surface area (Å²) < 4.78 is 13.0. The van der Waals surface area contributed by atoms with Gasteiger partial charge in [-0.25, -0.2) is 4.39 Å². The molecular weight excluding hydrogens is 239 g/mol. The Hall–Kier alpha value is -0.930. The molecule has 1 aromatic rings. The fourth-order valence-corrected chi connectivity index (χ4v) is 3.50. The summed E-state index contributed by atoms with van der Waals surface area (Å²) in [4.78, 5) is 2.46. The van der Waals surface area contributed by atoms with Crippen LogP contribution in [0, 0.1) is 11.7 Å². The average molecular weight is 264 g/mol. The van der Waals surface area contributed by atoms with Crippen LogP contribution in [0.1, 0.15) is 44.2 Å². The van der Waals surface area contributed by atoms with Gasteiger partial charge in [-0.2, -0.15) is 0 Å². The minimum absolute atomic E-state index is 0.165. The molecule has 1 fully saturated rings. The molecule has 106 valence electrons. The number of nitrogens with zero attached hydrogens (tertiary/aromatic N) is 1. The molecule has 3 heteroatoms. The maximum Gasteiger partial charge on any atom is 0.123 e. The standard InChI is InChI=1S/C16H25FN2/c1-3-15(12-7-9-14(17)10-8-12)19(2)16-6-4-5-13(16)11-18/h7-10,13,15-16H,3-6,11,18H2,1-2H3. The number of benzene rings is 1. The maximum atomic E-state index is 13.0. The van der Waals surface area contributed by atoms with Crippen LogP contribution < -0.4 is 5.73 Å². The average Bonchev–Trinajstić information content (AvgIpc) is 2.90. The van der Waals surface area contributed by atoms with Crippen molar-refractivity contribution in [3.63, 3.8) is 0 Å². The minimum Gasteiger partial charge on any atom is -0.330 e. The van der Waals surface area contributed by atoms with Gasteiger partial charge in [0.2, 0.25) is 0 Å². The molecule has 2 nitrogen and oxygen atoms in total. The minimum atomic E-state index is -0.165. The van der Waals surface area contributed by atoms with E-state index in [1.807, 2.05) is 12.1 Å². The first-order valence-corrected chi connectivity index (χ1v) is 7.34. The fourth-order valence-electron chi connectivity index (χ4n) is 3.50. The van der Waals surface area contributed by atoms with Crippen molar-refractivity contribution in [2.24, 2.45) is 11.7 Å². The highest BCUT2D eigenvalue weighted by atomic mass is 19.1. The Morgan fingerprint density at radius 2 is 2.00 bits per heavy atom. The highest BCUT2D eigenvalue weighted by Gasteiger charge is 2.32.